The molecule has 1 aliphatic heterocycles. The van der Waals surface area contributed by atoms with Crippen molar-refractivity contribution in [3.05, 3.63) is 24.3 Å². The zero-order chi connectivity index (χ0) is 18.0. The first-order chi connectivity index (χ1) is 12.0. The van der Waals surface area contributed by atoms with Crippen molar-refractivity contribution in [2.75, 3.05) is 50.5 Å². The van der Waals surface area contributed by atoms with E-state index >= 15 is 0 Å². The second-order valence-electron chi connectivity index (χ2n) is 6.85. The molecule has 1 aliphatic carbocycles. The van der Waals surface area contributed by atoms with Crippen LogP contribution in [0.1, 0.15) is 6.42 Å². The number of hydrogen-bond acceptors (Lipinski definition) is 4. The number of piperazine rings is 1. The van der Waals surface area contributed by atoms with Crippen molar-refractivity contribution in [3.8, 4) is 0 Å². The van der Waals surface area contributed by atoms with Gasteiger partial charge in [0.05, 0.1) is 11.8 Å². The maximum Gasteiger partial charge on any atom is 0.228 e. The molecule has 3 rings (SSSR count). The summed E-state index contributed by atoms with van der Waals surface area (Å²) in [6.07, 6.45) is 1.42. The van der Waals surface area contributed by atoms with Gasteiger partial charge in [-0.05, 0) is 30.7 Å². The molecule has 134 valence electrons. The van der Waals surface area contributed by atoms with E-state index in [0.717, 1.165) is 17.8 Å². The second-order valence-corrected chi connectivity index (χ2v) is 6.85. The van der Waals surface area contributed by atoms with Crippen molar-refractivity contribution in [1.82, 2.24) is 9.80 Å². The van der Waals surface area contributed by atoms with Crippen molar-refractivity contribution >= 4 is 29.6 Å². The van der Waals surface area contributed by atoms with Crippen LogP contribution in [0.2, 0.25) is 0 Å². The minimum atomic E-state index is -0.245. The van der Waals surface area contributed by atoms with Gasteiger partial charge in [-0.3, -0.25) is 14.4 Å². The normalized spacial score (nSPS) is 22.3. The van der Waals surface area contributed by atoms with E-state index in [9.17, 15) is 14.4 Å². The minimum Gasteiger partial charge on any atom is -0.378 e. The van der Waals surface area contributed by atoms with Gasteiger partial charge in [0.25, 0.3) is 0 Å². The molecule has 0 spiro atoms. The van der Waals surface area contributed by atoms with Crippen LogP contribution in [0.3, 0.4) is 0 Å². The maximum atomic E-state index is 12.5. The summed E-state index contributed by atoms with van der Waals surface area (Å²) in [5.41, 5.74) is 1.81. The first-order valence-electron chi connectivity index (χ1n) is 8.56. The molecule has 1 saturated carbocycles. The smallest absolute Gasteiger partial charge is 0.228 e. The van der Waals surface area contributed by atoms with Gasteiger partial charge in [-0.15, -0.1) is 0 Å². The Bertz CT molecular complexity index is 651. The highest BCUT2D eigenvalue weighted by molar-refractivity contribution is 5.99. The van der Waals surface area contributed by atoms with E-state index in [1.807, 2.05) is 43.3 Å². The van der Waals surface area contributed by atoms with Gasteiger partial charge >= 0.3 is 0 Å². The van der Waals surface area contributed by atoms with Crippen molar-refractivity contribution in [2.45, 2.75) is 6.42 Å². The fourth-order valence-corrected chi connectivity index (χ4v) is 3.12. The molecule has 2 aliphatic rings. The van der Waals surface area contributed by atoms with Crippen molar-refractivity contribution in [3.63, 3.8) is 0 Å². The molecule has 0 aromatic heterocycles. The monoisotopic (exact) mass is 344 g/mol. The third-order valence-electron chi connectivity index (χ3n) is 4.87. The molecular formula is C18H24N4O3. The van der Waals surface area contributed by atoms with Gasteiger partial charge in [-0.25, -0.2) is 0 Å². The van der Waals surface area contributed by atoms with Gasteiger partial charge in [0, 0.05) is 51.6 Å². The molecule has 3 amide bonds. The Balaban J connectivity index is 1.50. The van der Waals surface area contributed by atoms with Crippen LogP contribution in [-0.4, -0.2) is 68.3 Å². The van der Waals surface area contributed by atoms with Crippen molar-refractivity contribution in [2.24, 2.45) is 11.8 Å². The number of carbonyl (C=O) groups is 3. The SMILES string of the molecule is CN(C)c1ccc(NC(=O)C2CC2C(=O)N2CCN(C=O)CC2)cc1. The Labute approximate surface area is 147 Å². The maximum absolute atomic E-state index is 12.5. The Kier molecular flexibility index (Phi) is 4.92. The van der Waals surface area contributed by atoms with E-state index in [-0.39, 0.29) is 23.7 Å². The summed E-state index contributed by atoms with van der Waals surface area (Å²) in [7, 11) is 3.92. The number of nitrogens with one attached hydrogen (secondary N) is 1. The van der Waals surface area contributed by atoms with Gasteiger partial charge in [0.1, 0.15) is 0 Å². The average molecular weight is 344 g/mol. The number of rotatable bonds is 5. The molecule has 0 bridgehead atoms. The average Bonchev–Trinajstić information content (AvgIpc) is 3.42. The number of carbonyl (C=O) groups excluding carboxylic acids is 3. The van der Waals surface area contributed by atoms with E-state index in [2.05, 4.69) is 5.32 Å². The molecule has 1 saturated heterocycles. The minimum absolute atomic E-state index is 0.0358. The first-order valence-corrected chi connectivity index (χ1v) is 8.56. The Hall–Kier alpha value is -2.57. The molecule has 2 unspecified atom stereocenters. The zero-order valence-corrected chi connectivity index (χ0v) is 14.6. The molecule has 1 N–H and O–H groups in total. The van der Waals surface area contributed by atoms with Crippen LogP contribution in [-0.2, 0) is 14.4 Å². The number of nitrogens with zero attached hydrogens (tertiary/aromatic N) is 3. The summed E-state index contributed by atoms with van der Waals surface area (Å²) in [5, 5.41) is 2.89. The van der Waals surface area contributed by atoms with E-state index < -0.39 is 0 Å². The summed E-state index contributed by atoms with van der Waals surface area (Å²) < 4.78 is 0. The third kappa shape index (κ3) is 3.92. The quantitative estimate of drug-likeness (QED) is 0.795. The van der Waals surface area contributed by atoms with Crippen LogP contribution < -0.4 is 10.2 Å². The molecule has 7 heteroatoms. The lowest BCUT2D eigenvalue weighted by atomic mass is 10.2. The third-order valence-corrected chi connectivity index (χ3v) is 4.87. The highest BCUT2D eigenvalue weighted by atomic mass is 16.2. The van der Waals surface area contributed by atoms with E-state index in [1.165, 1.54) is 0 Å². The van der Waals surface area contributed by atoms with Gasteiger partial charge in [-0.1, -0.05) is 0 Å². The second kappa shape index (κ2) is 7.13. The zero-order valence-electron chi connectivity index (χ0n) is 14.6. The Morgan fingerprint density at radius 2 is 1.72 bits per heavy atom. The van der Waals surface area contributed by atoms with Gasteiger partial charge in [-0.2, -0.15) is 0 Å². The Morgan fingerprint density at radius 1 is 1.08 bits per heavy atom. The summed E-state index contributed by atoms with van der Waals surface area (Å²) in [6, 6.07) is 7.62. The van der Waals surface area contributed by atoms with Crippen LogP contribution >= 0.6 is 0 Å². The van der Waals surface area contributed by atoms with Crippen molar-refractivity contribution in [1.29, 1.82) is 0 Å². The van der Waals surface area contributed by atoms with E-state index in [1.54, 1.807) is 9.80 Å². The van der Waals surface area contributed by atoms with E-state index in [4.69, 9.17) is 0 Å². The summed E-state index contributed by atoms with van der Waals surface area (Å²) in [6.45, 7) is 2.23. The molecule has 2 fully saturated rings. The van der Waals surface area contributed by atoms with Crippen molar-refractivity contribution < 1.29 is 14.4 Å². The lowest BCUT2D eigenvalue weighted by Crippen LogP contribution is -2.48. The van der Waals surface area contributed by atoms with Gasteiger partial charge in [0.15, 0.2) is 0 Å². The highest BCUT2D eigenvalue weighted by Gasteiger charge is 2.49. The molecular weight excluding hydrogens is 320 g/mol. The van der Waals surface area contributed by atoms with Gasteiger partial charge in [0.2, 0.25) is 18.2 Å². The summed E-state index contributed by atoms with van der Waals surface area (Å²) >= 11 is 0. The molecule has 25 heavy (non-hydrogen) atoms. The van der Waals surface area contributed by atoms with Gasteiger partial charge < -0.3 is 20.0 Å². The standard InChI is InChI=1S/C18H24N4O3/c1-20(2)14-5-3-13(4-6-14)19-17(24)15-11-16(15)18(25)22-9-7-21(12-23)8-10-22/h3-6,12,15-16H,7-11H2,1-2H3,(H,19,24). The lowest BCUT2D eigenvalue weighted by Gasteiger charge is -2.32. The molecule has 1 heterocycles. The molecule has 2 atom stereocenters. The largest absolute Gasteiger partial charge is 0.378 e. The molecule has 1 aromatic carbocycles. The predicted octanol–water partition coefficient (Wildman–Crippen LogP) is 0.628. The van der Waals surface area contributed by atoms with Crippen LogP contribution in [0.15, 0.2) is 24.3 Å². The topological polar surface area (TPSA) is 73.0 Å². The molecule has 0 radical (unpaired) electrons. The lowest BCUT2D eigenvalue weighted by molar-refractivity contribution is -0.137. The predicted molar refractivity (Wildman–Crippen MR) is 95.2 cm³/mol. The fourth-order valence-electron chi connectivity index (χ4n) is 3.12. The molecule has 1 aromatic rings. The number of amides is 3. The van der Waals surface area contributed by atoms with Crippen LogP contribution in [0.5, 0.6) is 0 Å². The fraction of sp³-hybridized carbons (Fsp3) is 0.500. The first kappa shape index (κ1) is 17.3. The number of anilines is 2. The van der Waals surface area contributed by atoms with E-state index in [0.29, 0.717) is 32.6 Å². The van der Waals surface area contributed by atoms with Crippen LogP contribution in [0.4, 0.5) is 11.4 Å². The molecule has 7 nitrogen and oxygen atoms in total. The van der Waals surface area contributed by atoms with Crippen LogP contribution in [0.25, 0.3) is 0 Å². The number of hydrogen-bond donors (Lipinski definition) is 1. The summed E-state index contributed by atoms with van der Waals surface area (Å²) in [4.78, 5) is 41.0. The highest BCUT2D eigenvalue weighted by Crippen LogP contribution is 2.41. The number of benzene rings is 1. The van der Waals surface area contributed by atoms with Crippen LogP contribution in [0, 0.1) is 11.8 Å². The summed E-state index contributed by atoms with van der Waals surface area (Å²) in [5.74, 6) is -0.523. The Morgan fingerprint density at radius 3 is 2.28 bits per heavy atom.